The molecule has 3 rings (SSSR count). The number of nitrogens with one attached hydrogen (secondary N) is 2. The number of halogens is 2. The molecule has 2 heterocycles. The van der Waals surface area contributed by atoms with E-state index in [9.17, 15) is 4.79 Å². The number of rotatable bonds is 5. The van der Waals surface area contributed by atoms with Gasteiger partial charge in [0.1, 0.15) is 6.04 Å². The van der Waals surface area contributed by atoms with Gasteiger partial charge in [0.25, 0.3) is 0 Å². The predicted octanol–water partition coefficient (Wildman–Crippen LogP) is 1.64. The van der Waals surface area contributed by atoms with Crippen molar-refractivity contribution in [2.24, 2.45) is 0 Å². The maximum atomic E-state index is 12.2. The van der Waals surface area contributed by atoms with Crippen LogP contribution in [0.25, 0.3) is 0 Å². The summed E-state index contributed by atoms with van der Waals surface area (Å²) >= 11 is 0. The Morgan fingerprint density at radius 2 is 1.92 bits per heavy atom. The first-order chi connectivity index (χ1) is 11.3. The van der Waals surface area contributed by atoms with E-state index in [0.717, 1.165) is 45.4 Å². The maximum absolute atomic E-state index is 12.2. The van der Waals surface area contributed by atoms with Crippen molar-refractivity contribution >= 4 is 30.7 Å². The van der Waals surface area contributed by atoms with Crippen LogP contribution in [0, 0.1) is 0 Å². The summed E-state index contributed by atoms with van der Waals surface area (Å²) in [5.74, 6) is 0.0902. The van der Waals surface area contributed by atoms with E-state index in [-0.39, 0.29) is 36.8 Å². The molecule has 0 bridgehead atoms. The van der Waals surface area contributed by atoms with Crippen LogP contribution in [-0.2, 0) is 16.0 Å². The summed E-state index contributed by atoms with van der Waals surface area (Å²) in [6.45, 7) is 5.17. The Hall–Kier alpha value is -0.850. The summed E-state index contributed by atoms with van der Waals surface area (Å²) in [5, 5.41) is 6.38. The minimum Gasteiger partial charge on any atom is -0.378 e. The zero-order chi connectivity index (χ0) is 15.9. The van der Waals surface area contributed by atoms with Crippen LogP contribution in [0.2, 0.25) is 0 Å². The topological polar surface area (TPSA) is 53.6 Å². The van der Waals surface area contributed by atoms with Crippen molar-refractivity contribution in [1.29, 1.82) is 0 Å². The molecular weight excluding hydrogens is 361 g/mol. The van der Waals surface area contributed by atoms with Crippen molar-refractivity contribution in [2.75, 3.05) is 39.4 Å². The normalized spacial score (nSPS) is 21.7. The second-order valence-electron chi connectivity index (χ2n) is 6.44. The van der Waals surface area contributed by atoms with Crippen LogP contribution in [0.1, 0.15) is 18.4 Å². The third-order valence-corrected chi connectivity index (χ3v) is 4.73. The molecule has 142 valence electrons. The van der Waals surface area contributed by atoms with Crippen molar-refractivity contribution in [3.8, 4) is 0 Å². The average Bonchev–Trinajstić information content (AvgIpc) is 2.63. The van der Waals surface area contributed by atoms with Crippen LogP contribution in [-0.4, -0.2) is 62.3 Å². The molecule has 7 heteroatoms. The van der Waals surface area contributed by atoms with Gasteiger partial charge in [-0.1, -0.05) is 30.3 Å². The highest BCUT2D eigenvalue weighted by atomic mass is 35.5. The SMILES string of the molecule is Cl.Cl.O=C(NC1CCN(CCc2ccccc2)CC1)C1COCCN1. The fourth-order valence-corrected chi connectivity index (χ4v) is 3.27. The molecule has 2 aliphatic rings. The smallest absolute Gasteiger partial charge is 0.239 e. The van der Waals surface area contributed by atoms with Gasteiger partial charge in [-0.25, -0.2) is 0 Å². The lowest BCUT2D eigenvalue weighted by Crippen LogP contribution is -2.55. The molecule has 2 N–H and O–H groups in total. The van der Waals surface area contributed by atoms with E-state index in [1.807, 2.05) is 0 Å². The summed E-state index contributed by atoms with van der Waals surface area (Å²) < 4.78 is 5.35. The first kappa shape index (κ1) is 22.2. The number of carbonyl (C=O) groups excluding carboxylic acids is 1. The summed E-state index contributed by atoms with van der Waals surface area (Å²) in [6.07, 6.45) is 3.17. The Labute approximate surface area is 162 Å². The van der Waals surface area contributed by atoms with Gasteiger partial charge in [-0.05, 0) is 24.8 Å². The lowest BCUT2D eigenvalue weighted by Gasteiger charge is -2.33. The van der Waals surface area contributed by atoms with Gasteiger partial charge >= 0.3 is 0 Å². The fraction of sp³-hybridized carbons (Fsp3) is 0.611. The number of morpholine rings is 1. The number of benzene rings is 1. The maximum Gasteiger partial charge on any atom is 0.239 e. The Morgan fingerprint density at radius 1 is 1.20 bits per heavy atom. The van der Waals surface area contributed by atoms with Crippen LogP contribution >= 0.6 is 24.8 Å². The van der Waals surface area contributed by atoms with E-state index in [4.69, 9.17) is 4.74 Å². The molecule has 2 fully saturated rings. The second kappa shape index (κ2) is 11.7. The quantitative estimate of drug-likeness (QED) is 0.803. The Morgan fingerprint density at radius 3 is 2.56 bits per heavy atom. The molecule has 2 saturated heterocycles. The first-order valence-corrected chi connectivity index (χ1v) is 8.69. The largest absolute Gasteiger partial charge is 0.378 e. The van der Waals surface area contributed by atoms with Gasteiger partial charge in [-0.2, -0.15) is 0 Å². The van der Waals surface area contributed by atoms with Gasteiger partial charge in [0.15, 0.2) is 0 Å². The van der Waals surface area contributed by atoms with E-state index in [2.05, 4.69) is 45.9 Å². The lowest BCUT2D eigenvalue weighted by molar-refractivity contribution is -0.126. The zero-order valence-electron chi connectivity index (χ0n) is 14.5. The number of likely N-dealkylation sites (tertiary alicyclic amines) is 1. The number of hydrogen-bond donors (Lipinski definition) is 2. The summed E-state index contributed by atoms with van der Waals surface area (Å²) in [6, 6.07) is 10.8. The Bertz CT molecular complexity index is 490. The number of amides is 1. The van der Waals surface area contributed by atoms with E-state index in [0.29, 0.717) is 19.3 Å². The van der Waals surface area contributed by atoms with E-state index in [1.54, 1.807) is 0 Å². The zero-order valence-corrected chi connectivity index (χ0v) is 16.1. The molecule has 1 unspecified atom stereocenters. The summed E-state index contributed by atoms with van der Waals surface area (Å²) in [5.41, 5.74) is 1.39. The average molecular weight is 390 g/mol. The molecule has 0 aromatic heterocycles. The van der Waals surface area contributed by atoms with Crippen molar-refractivity contribution in [2.45, 2.75) is 31.3 Å². The molecular formula is C18H29Cl2N3O2. The number of piperidine rings is 1. The number of ether oxygens (including phenoxy) is 1. The third kappa shape index (κ3) is 7.12. The van der Waals surface area contributed by atoms with Crippen molar-refractivity contribution in [1.82, 2.24) is 15.5 Å². The number of nitrogens with zero attached hydrogens (tertiary/aromatic N) is 1. The molecule has 25 heavy (non-hydrogen) atoms. The van der Waals surface area contributed by atoms with Gasteiger partial charge in [0.2, 0.25) is 5.91 Å². The van der Waals surface area contributed by atoms with Crippen LogP contribution in [0.3, 0.4) is 0 Å². The highest BCUT2D eigenvalue weighted by molar-refractivity contribution is 5.85. The molecule has 1 amide bonds. The Kier molecular flexibility index (Phi) is 10.4. The van der Waals surface area contributed by atoms with Crippen LogP contribution in [0.4, 0.5) is 0 Å². The Balaban J connectivity index is 0.00000156. The van der Waals surface area contributed by atoms with Gasteiger partial charge in [0, 0.05) is 32.2 Å². The van der Waals surface area contributed by atoms with Gasteiger partial charge in [-0.15, -0.1) is 24.8 Å². The van der Waals surface area contributed by atoms with E-state index >= 15 is 0 Å². The highest BCUT2D eigenvalue weighted by Gasteiger charge is 2.25. The molecule has 1 aromatic rings. The molecule has 1 aromatic carbocycles. The monoisotopic (exact) mass is 389 g/mol. The molecule has 0 spiro atoms. The van der Waals surface area contributed by atoms with Crippen LogP contribution < -0.4 is 10.6 Å². The molecule has 0 radical (unpaired) electrons. The fourth-order valence-electron chi connectivity index (χ4n) is 3.27. The molecule has 2 aliphatic heterocycles. The van der Waals surface area contributed by atoms with Gasteiger partial charge in [0.05, 0.1) is 13.2 Å². The molecule has 1 atom stereocenters. The molecule has 0 saturated carbocycles. The molecule has 5 nitrogen and oxygen atoms in total. The van der Waals surface area contributed by atoms with E-state index in [1.165, 1.54) is 5.56 Å². The lowest BCUT2D eigenvalue weighted by atomic mass is 10.0. The van der Waals surface area contributed by atoms with Crippen molar-refractivity contribution in [3.05, 3.63) is 35.9 Å². The van der Waals surface area contributed by atoms with Gasteiger partial charge in [-0.3, -0.25) is 4.79 Å². The number of hydrogen-bond acceptors (Lipinski definition) is 4. The van der Waals surface area contributed by atoms with Crippen molar-refractivity contribution < 1.29 is 9.53 Å². The van der Waals surface area contributed by atoms with E-state index < -0.39 is 0 Å². The number of carbonyl (C=O) groups is 1. The summed E-state index contributed by atoms with van der Waals surface area (Å²) in [4.78, 5) is 14.7. The standard InChI is InChI=1S/C18H27N3O2.2ClH/c22-18(17-14-23-13-9-19-17)20-16-7-11-21(12-8-16)10-6-15-4-2-1-3-5-15;;/h1-5,16-17,19H,6-14H2,(H,20,22);2*1H. The third-order valence-electron chi connectivity index (χ3n) is 4.73. The first-order valence-electron chi connectivity index (χ1n) is 8.69. The minimum absolute atomic E-state index is 0. The van der Waals surface area contributed by atoms with Crippen LogP contribution in [0.5, 0.6) is 0 Å². The summed E-state index contributed by atoms with van der Waals surface area (Å²) in [7, 11) is 0. The van der Waals surface area contributed by atoms with Crippen LogP contribution in [0.15, 0.2) is 30.3 Å². The predicted molar refractivity (Wildman–Crippen MR) is 105 cm³/mol. The van der Waals surface area contributed by atoms with Crippen molar-refractivity contribution in [3.63, 3.8) is 0 Å². The molecule has 0 aliphatic carbocycles. The van der Waals surface area contributed by atoms with Gasteiger partial charge < -0.3 is 20.3 Å². The minimum atomic E-state index is -0.181. The second-order valence-corrected chi connectivity index (χ2v) is 6.44. The highest BCUT2D eigenvalue weighted by Crippen LogP contribution is 2.12.